The van der Waals surface area contributed by atoms with E-state index in [0.717, 1.165) is 6.42 Å². The quantitative estimate of drug-likeness (QED) is 0.568. The van der Waals surface area contributed by atoms with Crippen molar-refractivity contribution in [2.75, 3.05) is 33.3 Å². The number of hydrogen-bond acceptors (Lipinski definition) is 6. The smallest absolute Gasteiger partial charge is 0.335 e. The molecule has 0 saturated heterocycles. The summed E-state index contributed by atoms with van der Waals surface area (Å²) in [5, 5.41) is 12.0. The molecule has 0 heterocycles. The van der Waals surface area contributed by atoms with Gasteiger partial charge in [0.05, 0.1) is 49.2 Å². The Morgan fingerprint density at radius 2 is 1.72 bits per heavy atom. The third kappa shape index (κ3) is 4.92. The van der Waals surface area contributed by atoms with Crippen LogP contribution in [0.5, 0.6) is 23.0 Å². The van der Waals surface area contributed by atoms with Gasteiger partial charge in [0, 0.05) is 0 Å². The summed E-state index contributed by atoms with van der Waals surface area (Å²) in [5.41, 5.74) is 0.471. The molecule has 2 aromatic rings. The van der Waals surface area contributed by atoms with Gasteiger partial charge in [-0.2, -0.15) is 0 Å². The van der Waals surface area contributed by atoms with Gasteiger partial charge in [0.2, 0.25) is 5.75 Å². The van der Waals surface area contributed by atoms with Crippen molar-refractivity contribution in [2.24, 2.45) is 0 Å². The number of halogens is 1. The van der Waals surface area contributed by atoms with Gasteiger partial charge >= 0.3 is 5.97 Å². The summed E-state index contributed by atoms with van der Waals surface area (Å²) in [6.07, 6.45) is 0.756. The van der Waals surface area contributed by atoms with Crippen molar-refractivity contribution in [3.05, 3.63) is 39.9 Å². The lowest BCUT2D eigenvalue weighted by Crippen LogP contribution is -2.15. The molecule has 1 amide bonds. The molecule has 9 heteroatoms. The van der Waals surface area contributed by atoms with Crippen LogP contribution in [-0.4, -0.2) is 44.9 Å². The van der Waals surface area contributed by atoms with Crippen LogP contribution in [0.2, 0.25) is 0 Å². The molecule has 0 fully saturated rings. The maximum atomic E-state index is 13.0. The Morgan fingerprint density at radius 3 is 2.28 bits per heavy atom. The van der Waals surface area contributed by atoms with Gasteiger partial charge in [-0.15, -0.1) is 0 Å². The molecular weight excluding hydrogens is 446 g/mol. The molecule has 0 aliphatic heterocycles. The summed E-state index contributed by atoms with van der Waals surface area (Å²) in [6, 6.07) is 5.77. The number of amides is 1. The lowest BCUT2D eigenvalue weighted by Gasteiger charge is -2.17. The third-order valence-electron chi connectivity index (χ3n) is 3.95. The van der Waals surface area contributed by atoms with Crippen LogP contribution in [0.3, 0.4) is 0 Å². The Morgan fingerprint density at radius 1 is 1.03 bits per heavy atom. The first-order chi connectivity index (χ1) is 13.9. The Kier molecular flexibility index (Phi) is 7.72. The molecule has 0 aromatic heterocycles. The van der Waals surface area contributed by atoms with E-state index in [1.807, 2.05) is 6.92 Å². The maximum Gasteiger partial charge on any atom is 0.335 e. The van der Waals surface area contributed by atoms with Crippen LogP contribution in [0, 0.1) is 0 Å². The van der Waals surface area contributed by atoms with Crippen molar-refractivity contribution < 1.29 is 33.6 Å². The predicted octanol–water partition coefficient (Wildman–Crippen LogP) is 4.21. The standard InChI is InChI=1S/C20H22BrNO7/c1-5-8-29-14-7-6-11(20(24)25)9-13(14)22-19(23)12-10-15(26-2)17(27-3)18(28-4)16(12)21/h6-7,9-10H,5,8H2,1-4H3,(H,22,23)(H,24,25). The van der Waals surface area contributed by atoms with Crippen molar-refractivity contribution in [3.8, 4) is 23.0 Å². The molecule has 2 N–H and O–H groups in total. The highest BCUT2D eigenvalue weighted by molar-refractivity contribution is 9.10. The van der Waals surface area contributed by atoms with Crippen LogP contribution in [0.25, 0.3) is 0 Å². The van der Waals surface area contributed by atoms with E-state index >= 15 is 0 Å². The van der Waals surface area contributed by atoms with E-state index in [9.17, 15) is 14.7 Å². The Labute approximate surface area is 176 Å². The summed E-state index contributed by atoms with van der Waals surface area (Å²) >= 11 is 3.36. The number of rotatable bonds is 9. The minimum atomic E-state index is -1.11. The SMILES string of the molecule is CCCOc1ccc(C(=O)O)cc1NC(=O)c1cc(OC)c(OC)c(OC)c1Br. The van der Waals surface area contributed by atoms with Gasteiger partial charge < -0.3 is 29.4 Å². The highest BCUT2D eigenvalue weighted by Crippen LogP contribution is 2.45. The summed E-state index contributed by atoms with van der Waals surface area (Å²) in [7, 11) is 4.35. The number of carbonyl (C=O) groups excluding carboxylic acids is 1. The molecule has 0 aliphatic rings. The first-order valence-electron chi connectivity index (χ1n) is 8.67. The van der Waals surface area contributed by atoms with Gasteiger partial charge in [-0.05, 0) is 46.6 Å². The van der Waals surface area contributed by atoms with E-state index in [0.29, 0.717) is 34.1 Å². The van der Waals surface area contributed by atoms with Crippen molar-refractivity contribution >= 4 is 33.5 Å². The molecule has 156 valence electrons. The Balaban J connectivity index is 2.49. The van der Waals surface area contributed by atoms with Crippen LogP contribution in [0.4, 0.5) is 5.69 Å². The summed E-state index contributed by atoms with van der Waals surface area (Å²) in [4.78, 5) is 24.3. The number of carbonyl (C=O) groups is 2. The van der Waals surface area contributed by atoms with Gasteiger partial charge in [-0.25, -0.2) is 4.79 Å². The second kappa shape index (κ2) is 10.0. The zero-order valence-electron chi connectivity index (χ0n) is 16.5. The van der Waals surface area contributed by atoms with Crippen LogP contribution < -0.4 is 24.3 Å². The number of ether oxygens (including phenoxy) is 4. The molecule has 0 saturated carbocycles. The fraction of sp³-hybridized carbons (Fsp3) is 0.300. The second-order valence-electron chi connectivity index (χ2n) is 5.83. The normalized spacial score (nSPS) is 10.2. The van der Waals surface area contributed by atoms with Gasteiger partial charge in [0.25, 0.3) is 5.91 Å². The van der Waals surface area contributed by atoms with Crippen LogP contribution in [0.1, 0.15) is 34.1 Å². The zero-order valence-corrected chi connectivity index (χ0v) is 18.1. The van der Waals surface area contributed by atoms with Gasteiger partial charge in [0.15, 0.2) is 11.5 Å². The van der Waals surface area contributed by atoms with Crippen LogP contribution in [-0.2, 0) is 0 Å². The molecule has 0 radical (unpaired) electrons. The van der Waals surface area contributed by atoms with Gasteiger partial charge in [-0.3, -0.25) is 4.79 Å². The number of benzene rings is 2. The van der Waals surface area contributed by atoms with E-state index < -0.39 is 11.9 Å². The van der Waals surface area contributed by atoms with E-state index in [1.165, 1.54) is 45.6 Å². The van der Waals surface area contributed by atoms with E-state index in [2.05, 4.69) is 21.2 Å². The van der Waals surface area contributed by atoms with E-state index in [-0.39, 0.29) is 16.8 Å². The lowest BCUT2D eigenvalue weighted by atomic mass is 10.1. The molecular formula is C20H22BrNO7. The van der Waals surface area contributed by atoms with Crippen molar-refractivity contribution in [1.29, 1.82) is 0 Å². The molecule has 0 spiro atoms. The Bertz CT molecular complexity index is 914. The van der Waals surface area contributed by atoms with Crippen molar-refractivity contribution in [3.63, 3.8) is 0 Å². The molecule has 8 nitrogen and oxygen atoms in total. The summed E-state index contributed by atoms with van der Waals surface area (Å²) < 4.78 is 21.9. The lowest BCUT2D eigenvalue weighted by molar-refractivity contribution is 0.0696. The molecule has 0 aliphatic carbocycles. The highest BCUT2D eigenvalue weighted by Gasteiger charge is 2.24. The fourth-order valence-corrected chi connectivity index (χ4v) is 3.21. The number of nitrogens with one attached hydrogen (secondary N) is 1. The predicted molar refractivity (Wildman–Crippen MR) is 111 cm³/mol. The highest BCUT2D eigenvalue weighted by atomic mass is 79.9. The second-order valence-corrected chi connectivity index (χ2v) is 6.62. The number of aromatic carboxylic acids is 1. The minimum Gasteiger partial charge on any atom is -0.493 e. The molecule has 2 rings (SSSR count). The van der Waals surface area contributed by atoms with Gasteiger partial charge in [0.1, 0.15) is 5.75 Å². The number of carboxylic acid groups (broad SMARTS) is 1. The van der Waals surface area contributed by atoms with E-state index in [4.69, 9.17) is 18.9 Å². The fourth-order valence-electron chi connectivity index (χ4n) is 2.57. The van der Waals surface area contributed by atoms with Crippen molar-refractivity contribution in [1.82, 2.24) is 0 Å². The number of methoxy groups -OCH3 is 3. The molecule has 0 unspecified atom stereocenters. The van der Waals surface area contributed by atoms with E-state index in [1.54, 1.807) is 0 Å². The summed E-state index contributed by atoms with van der Waals surface area (Å²) in [6.45, 7) is 2.36. The first-order valence-corrected chi connectivity index (χ1v) is 9.47. The van der Waals surface area contributed by atoms with Crippen molar-refractivity contribution in [2.45, 2.75) is 13.3 Å². The topological polar surface area (TPSA) is 103 Å². The monoisotopic (exact) mass is 467 g/mol. The summed E-state index contributed by atoms with van der Waals surface area (Å²) in [5.74, 6) is -0.332. The maximum absolute atomic E-state index is 13.0. The largest absolute Gasteiger partial charge is 0.493 e. The van der Waals surface area contributed by atoms with Gasteiger partial charge in [-0.1, -0.05) is 6.92 Å². The first kappa shape index (κ1) is 22.4. The number of anilines is 1. The van der Waals surface area contributed by atoms with Crippen LogP contribution >= 0.6 is 15.9 Å². The third-order valence-corrected chi connectivity index (χ3v) is 4.74. The average Bonchev–Trinajstić information content (AvgIpc) is 2.71. The van der Waals surface area contributed by atoms with Crippen LogP contribution in [0.15, 0.2) is 28.7 Å². The minimum absolute atomic E-state index is 0.0214. The average molecular weight is 468 g/mol. The number of carboxylic acids is 1. The molecule has 0 atom stereocenters. The molecule has 0 bridgehead atoms. The Hall–Kier alpha value is -2.94. The number of hydrogen-bond donors (Lipinski definition) is 2. The zero-order chi connectivity index (χ0) is 21.6. The molecule has 2 aromatic carbocycles. The molecule has 29 heavy (non-hydrogen) atoms.